The van der Waals surface area contributed by atoms with Crippen molar-refractivity contribution in [3.63, 3.8) is 0 Å². The molecule has 0 bridgehead atoms. The minimum Gasteiger partial charge on any atom is -0.293 e. The Labute approximate surface area is 84.6 Å². The smallest absolute Gasteiger partial charge is 0.206 e. The third-order valence-electron chi connectivity index (χ3n) is 2.75. The minimum absolute atomic E-state index is 0.214. The highest BCUT2D eigenvalue weighted by Crippen LogP contribution is 2.18. The first-order valence-electron chi connectivity index (χ1n) is 5.26. The summed E-state index contributed by atoms with van der Waals surface area (Å²) in [5.41, 5.74) is 2.90. The first kappa shape index (κ1) is 9.38. The quantitative estimate of drug-likeness (QED) is 0.646. The monoisotopic (exact) mass is 190 g/mol. The molecule has 2 nitrogen and oxygen atoms in total. The Bertz CT molecular complexity index is 357. The Kier molecular flexibility index (Phi) is 2.62. The molecule has 0 spiro atoms. The van der Waals surface area contributed by atoms with Crippen LogP contribution in [0.5, 0.6) is 0 Å². The van der Waals surface area contributed by atoms with Gasteiger partial charge < -0.3 is 0 Å². The van der Waals surface area contributed by atoms with Crippen LogP contribution >= 0.6 is 0 Å². The van der Waals surface area contributed by atoms with E-state index in [2.05, 4.69) is 12.3 Å². The molecule has 14 heavy (non-hydrogen) atoms. The highest BCUT2D eigenvalue weighted by atomic mass is 16.1. The van der Waals surface area contributed by atoms with Crippen molar-refractivity contribution in [3.05, 3.63) is 29.6 Å². The van der Waals surface area contributed by atoms with E-state index in [1.54, 1.807) is 6.92 Å². The number of aromatic nitrogens is 1. The van der Waals surface area contributed by atoms with Crippen molar-refractivity contribution in [2.24, 2.45) is 0 Å². The van der Waals surface area contributed by atoms with Gasteiger partial charge in [-0.05, 0) is 31.2 Å². The Morgan fingerprint density at radius 1 is 1.36 bits per heavy atom. The number of ketones is 1. The summed E-state index contributed by atoms with van der Waals surface area (Å²) < 4.78 is 1.99. The van der Waals surface area contributed by atoms with E-state index in [1.807, 2.05) is 10.8 Å². The zero-order chi connectivity index (χ0) is 9.97. The fourth-order valence-corrected chi connectivity index (χ4v) is 2.07. The van der Waals surface area contributed by atoms with Crippen molar-refractivity contribution >= 4 is 5.78 Å². The lowest BCUT2D eigenvalue weighted by Crippen LogP contribution is -2.37. The highest BCUT2D eigenvalue weighted by Gasteiger charge is 2.13. The molecule has 2 rings (SSSR count). The SMILES string of the molecule is CC(=O)C[n+]1ccc2c(c1)CCCC2. The molecular weight excluding hydrogens is 174 g/mol. The molecule has 0 aromatic carbocycles. The van der Waals surface area contributed by atoms with Crippen molar-refractivity contribution in [1.29, 1.82) is 0 Å². The van der Waals surface area contributed by atoms with Crippen molar-refractivity contribution < 1.29 is 9.36 Å². The molecule has 0 atom stereocenters. The molecule has 0 saturated carbocycles. The molecular formula is C12H16NO+. The molecule has 2 heteroatoms. The fraction of sp³-hybridized carbons (Fsp3) is 0.500. The summed E-state index contributed by atoms with van der Waals surface area (Å²) in [5.74, 6) is 0.214. The summed E-state index contributed by atoms with van der Waals surface area (Å²) in [6.07, 6.45) is 9.13. The van der Waals surface area contributed by atoms with Crippen LogP contribution in [0.25, 0.3) is 0 Å². The minimum atomic E-state index is 0.214. The van der Waals surface area contributed by atoms with E-state index in [4.69, 9.17) is 0 Å². The second-order valence-corrected chi connectivity index (χ2v) is 4.08. The molecule has 1 aliphatic carbocycles. The number of pyridine rings is 1. The normalized spacial score (nSPS) is 14.9. The van der Waals surface area contributed by atoms with E-state index >= 15 is 0 Å². The lowest BCUT2D eigenvalue weighted by atomic mass is 9.93. The van der Waals surface area contributed by atoms with Gasteiger partial charge in [0.15, 0.2) is 18.2 Å². The molecule has 0 radical (unpaired) electrons. The number of aryl methyl sites for hydroxylation is 2. The van der Waals surface area contributed by atoms with Gasteiger partial charge in [-0.1, -0.05) is 0 Å². The first-order chi connectivity index (χ1) is 6.75. The zero-order valence-corrected chi connectivity index (χ0v) is 8.62. The summed E-state index contributed by atoms with van der Waals surface area (Å²) >= 11 is 0. The average molecular weight is 190 g/mol. The number of carbonyl (C=O) groups excluding carboxylic acids is 1. The second kappa shape index (κ2) is 3.91. The molecule has 0 fully saturated rings. The van der Waals surface area contributed by atoms with E-state index in [-0.39, 0.29) is 5.78 Å². The number of hydrogen-bond acceptors (Lipinski definition) is 1. The Morgan fingerprint density at radius 3 is 2.79 bits per heavy atom. The van der Waals surface area contributed by atoms with Crippen molar-refractivity contribution in [3.8, 4) is 0 Å². The van der Waals surface area contributed by atoms with E-state index < -0.39 is 0 Å². The van der Waals surface area contributed by atoms with Gasteiger partial charge in [0.25, 0.3) is 0 Å². The van der Waals surface area contributed by atoms with Gasteiger partial charge in [0.2, 0.25) is 6.54 Å². The number of carbonyl (C=O) groups is 1. The predicted molar refractivity (Wildman–Crippen MR) is 54.0 cm³/mol. The molecule has 1 aliphatic rings. The van der Waals surface area contributed by atoms with Gasteiger partial charge in [-0.15, -0.1) is 0 Å². The summed E-state index contributed by atoms with van der Waals surface area (Å²) in [5, 5.41) is 0. The number of hydrogen-bond donors (Lipinski definition) is 0. The largest absolute Gasteiger partial charge is 0.293 e. The fourth-order valence-electron chi connectivity index (χ4n) is 2.07. The van der Waals surface area contributed by atoms with Crippen molar-refractivity contribution in [2.75, 3.05) is 0 Å². The van der Waals surface area contributed by atoms with Crippen LogP contribution in [0.1, 0.15) is 30.9 Å². The predicted octanol–water partition coefficient (Wildman–Crippen LogP) is 1.44. The Balaban J connectivity index is 2.24. The molecule has 0 aliphatic heterocycles. The first-order valence-corrected chi connectivity index (χ1v) is 5.26. The molecule has 0 saturated heterocycles. The van der Waals surface area contributed by atoms with E-state index in [1.165, 1.54) is 36.8 Å². The van der Waals surface area contributed by atoms with Gasteiger partial charge in [-0.25, -0.2) is 0 Å². The topological polar surface area (TPSA) is 20.9 Å². The standard InChI is InChI=1S/C12H16NO/c1-10(14)8-13-7-6-11-4-2-3-5-12(11)9-13/h6-7,9H,2-5,8H2,1H3/q+1. The van der Waals surface area contributed by atoms with Crippen LogP contribution in [0.4, 0.5) is 0 Å². The van der Waals surface area contributed by atoms with Gasteiger partial charge in [-0.2, -0.15) is 4.57 Å². The van der Waals surface area contributed by atoms with Gasteiger partial charge >= 0.3 is 0 Å². The maximum absolute atomic E-state index is 11.0. The van der Waals surface area contributed by atoms with Gasteiger partial charge in [-0.3, -0.25) is 4.79 Å². The number of fused-ring (bicyclic) bond motifs is 1. The highest BCUT2D eigenvalue weighted by molar-refractivity contribution is 5.73. The third kappa shape index (κ3) is 2.00. The van der Waals surface area contributed by atoms with Crippen LogP contribution in [-0.4, -0.2) is 5.78 Å². The van der Waals surface area contributed by atoms with Crippen molar-refractivity contribution in [2.45, 2.75) is 39.2 Å². The molecule has 0 amide bonds. The summed E-state index contributed by atoms with van der Waals surface area (Å²) in [6.45, 7) is 2.14. The van der Waals surface area contributed by atoms with E-state index in [0.717, 1.165) is 0 Å². The van der Waals surface area contributed by atoms with Crippen molar-refractivity contribution in [1.82, 2.24) is 0 Å². The summed E-state index contributed by atoms with van der Waals surface area (Å²) in [7, 11) is 0. The molecule has 0 unspecified atom stereocenters. The van der Waals surface area contributed by atoms with Gasteiger partial charge in [0, 0.05) is 18.6 Å². The molecule has 1 aromatic heterocycles. The lowest BCUT2D eigenvalue weighted by molar-refractivity contribution is -0.684. The Morgan fingerprint density at radius 2 is 2.07 bits per heavy atom. The summed E-state index contributed by atoms with van der Waals surface area (Å²) in [6, 6.07) is 2.16. The van der Waals surface area contributed by atoms with Crippen LogP contribution in [-0.2, 0) is 24.2 Å². The van der Waals surface area contributed by atoms with E-state index in [0.29, 0.717) is 6.54 Å². The Hall–Kier alpha value is -1.18. The molecule has 0 N–H and O–H groups in total. The molecule has 74 valence electrons. The number of rotatable bonds is 2. The van der Waals surface area contributed by atoms with Crippen LogP contribution < -0.4 is 4.57 Å². The zero-order valence-electron chi connectivity index (χ0n) is 8.62. The lowest BCUT2D eigenvalue weighted by Gasteiger charge is -2.12. The number of nitrogens with zero attached hydrogens (tertiary/aromatic N) is 1. The van der Waals surface area contributed by atoms with Gasteiger partial charge in [0.1, 0.15) is 0 Å². The molecule has 1 heterocycles. The maximum atomic E-state index is 11.0. The van der Waals surface area contributed by atoms with Crippen LogP contribution in [0.3, 0.4) is 0 Å². The van der Waals surface area contributed by atoms with E-state index in [9.17, 15) is 4.79 Å². The maximum Gasteiger partial charge on any atom is 0.206 e. The second-order valence-electron chi connectivity index (χ2n) is 4.08. The molecule has 1 aromatic rings. The van der Waals surface area contributed by atoms with Gasteiger partial charge in [0.05, 0.1) is 0 Å². The average Bonchev–Trinajstić information content (AvgIpc) is 2.17. The van der Waals surface area contributed by atoms with Crippen LogP contribution in [0.2, 0.25) is 0 Å². The number of Topliss-reactive ketones (excluding diaryl/α,β-unsaturated/α-hetero) is 1. The van der Waals surface area contributed by atoms with Crippen LogP contribution in [0.15, 0.2) is 18.5 Å². The third-order valence-corrected chi connectivity index (χ3v) is 2.75. The summed E-state index contributed by atoms with van der Waals surface area (Å²) in [4.78, 5) is 11.0. The van der Waals surface area contributed by atoms with Crippen LogP contribution in [0, 0.1) is 0 Å².